The molecule has 1 N–H and O–H groups in total. The molecule has 2 heteroatoms. The van der Waals surface area contributed by atoms with E-state index in [9.17, 15) is 0 Å². The summed E-state index contributed by atoms with van der Waals surface area (Å²) in [4.78, 5) is 9.00. The average Bonchev–Trinajstić information content (AvgIpc) is 2.85. The molecule has 1 aliphatic rings. The van der Waals surface area contributed by atoms with Crippen LogP contribution >= 0.6 is 0 Å². The number of terminal acetylenes is 1. The highest BCUT2D eigenvalue weighted by atomic mass is 16.4. The predicted molar refractivity (Wildman–Crippen MR) is 75.3 cm³/mol. The van der Waals surface area contributed by atoms with Crippen LogP contribution in [0.25, 0.3) is 0 Å². The van der Waals surface area contributed by atoms with Gasteiger partial charge < -0.3 is 5.11 Å². The van der Waals surface area contributed by atoms with Crippen molar-refractivity contribution in [3.63, 3.8) is 0 Å². The summed E-state index contributed by atoms with van der Waals surface area (Å²) in [7, 11) is 0. The monoisotopic (exact) mass is 246 g/mol. The molecule has 1 aromatic carbocycles. The van der Waals surface area contributed by atoms with Gasteiger partial charge in [0.15, 0.2) is 0 Å². The number of hydrogen-bond donors (Lipinski definition) is 1. The van der Waals surface area contributed by atoms with Gasteiger partial charge in [0, 0.05) is 6.92 Å². The Bertz CT molecular complexity index is 331. The molecule has 0 bridgehead atoms. The van der Waals surface area contributed by atoms with Gasteiger partial charge in [-0.05, 0) is 17.9 Å². The van der Waals surface area contributed by atoms with Gasteiger partial charge in [0.25, 0.3) is 5.97 Å². The Labute approximate surface area is 110 Å². The van der Waals surface area contributed by atoms with Crippen LogP contribution in [0.4, 0.5) is 0 Å². The highest BCUT2D eigenvalue weighted by Gasteiger charge is 2.14. The number of benzene rings is 1. The fourth-order valence-corrected chi connectivity index (χ4v) is 2.16. The summed E-state index contributed by atoms with van der Waals surface area (Å²) in [5, 5.41) is 7.42. The van der Waals surface area contributed by atoms with Crippen molar-refractivity contribution in [1.29, 1.82) is 0 Å². The predicted octanol–water partition coefficient (Wildman–Crippen LogP) is 3.76. The summed E-state index contributed by atoms with van der Waals surface area (Å²) in [6.45, 7) is 1.08. The maximum Gasteiger partial charge on any atom is 0.300 e. The van der Waals surface area contributed by atoms with Crippen molar-refractivity contribution < 1.29 is 9.90 Å². The zero-order valence-corrected chi connectivity index (χ0v) is 11.0. The van der Waals surface area contributed by atoms with Gasteiger partial charge in [0.2, 0.25) is 0 Å². The summed E-state index contributed by atoms with van der Waals surface area (Å²) < 4.78 is 0. The molecular weight excluding hydrogens is 224 g/mol. The molecule has 0 aliphatic heterocycles. The standard InChI is InChI=1S/C12H16.C2H4O2.C2H2/c1-2-6-11(7-3-1)10-12-8-4-5-9-12;1-2(3)4;1-2/h1-3,6-7,12H,4-5,8-10H2;1H3,(H,3,4);1-2H. The Morgan fingerprint density at radius 2 is 1.67 bits per heavy atom. The van der Waals surface area contributed by atoms with E-state index in [-0.39, 0.29) is 0 Å². The summed E-state index contributed by atoms with van der Waals surface area (Å²) >= 11 is 0. The molecule has 1 aromatic rings. The Kier molecular flexibility index (Phi) is 9.40. The minimum atomic E-state index is -0.833. The van der Waals surface area contributed by atoms with Crippen molar-refractivity contribution in [3.8, 4) is 12.8 Å². The molecule has 0 heterocycles. The molecule has 0 aromatic heterocycles. The van der Waals surface area contributed by atoms with Crippen LogP contribution in [-0.4, -0.2) is 11.1 Å². The Balaban J connectivity index is 0.000000415. The van der Waals surface area contributed by atoms with E-state index >= 15 is 0 Å². The molecule has 0 spiro atoms. The van der Waals surface area contributed by atoms with Crippen molar-refractivity contribution in [2.24, 2.45) is 5.92 Å². The first-order chi connectivity index (χ1) is 8.68. The molecule has 2 rings (SSSR count). The van der Waals surface area contributed by atoms with Crippen LogP contribution in [0.15, 0.2) is 30.3 Å². The minimum Gasteiger partial charge on any atom is -0.481 e. The van der Waals surface area contributed by atoms with E-state index in [0.717, 1.165) is 12.8 Å². The first-order valence-electron chi connectivity index (χ1n) is 6.25. The van der Waals surface area contributed by atoms with Crippen LogP contribution in [0.2, 0.25) is 0 Å². The maximum absolute atomic E-state index is 9.00. The lowest BCUT2D eigenvalue weighted by atomic mass is 9.98. The van der Waals surface area contributed by atoms with Gasteiger partial charge in [-0.1, -0.05) is 56.0 Å². The zero-order valence-electron chi connectivity index (χ0n) is 11.0. The SMILES string of the molecule is C#C.CC(=O)O.c1ccc(CC2CCCC2)cc1. The van der Waals surface area contributed by atoms with Crippen molar-refractivity contribution in [1.82, 2.24) is 0 Å². The molecule has 1 fully saturated rings. The lowest BCUT2D eigenvalue weighted by Gasteiger charge is -2.07. The number of carboxylic acid groups (broad SMARTS) is 1. The molecule has 0 unspecified atom stereocenters. The molecule has 0 atom stereocenters. The van der Waals surface area contributed by atoms with Gasteiger partial charge in [-0.3, -0.25) is 4.79 Å². The molecule has 98 valence electrons. The second kappa shape index (κ2) is 10.4. The third-order valence-corrected chi connectivity index (χ3v) is 2.84. The largest absolute Gasteiger partial charge is 0.481 e. The van der Waals surface area contributed by atoms with E-state index < -0.39 is 5.97 Å². The van der Waals surface area contributed by atoms with Gasteiger partial charge in [-0.2, -0.15) is 0 Å². The molecule has 18 heavy (non-hydrogen) atoms. The van der Waals surface area contributed by atoms with E-state index in [2.05, 4.69) is 43.2 Å². The third-order valence-electron chi connectivity index (χ3n) is 2.84. The number of carbonyl (C=O) groups is 1. The molecule has 1 saturated carbocycles. The lowest BCUT2D eigenvalue weighted by Crippen LogP contribution is -1.97. The van der Waals surface area contributed by atoms with Gasteiger partial charge in [-0.15, -0.1) is 12.8 Å². The third kappa shape index (κ3) is 8.41. The van der Waals surface area contributed by atoms with Crippen LogP contribution in [-0.2, 0) is 11.2 Å². The quantitative estimate of drug-likeness (QED) is 0.807. The average molecular weight is 246 g/mol. The van der Waals surface area contributed by atoms with Gasteiger partial charge in [-0.25, -0.2) is 0 Å². The smallest absolute Gasteiger partial charge is 0.300 e. The van der Waals surface area contributed by atoms with Gasteiger partial charge in [0.05, 0.1) is 0 Å². The molecular formula is C16H22O2. The molecule has 0 amide bonds. The fraction of sp³-hybridized carbons (Fsp3) is 0.438. The van der Waals surface area contributed by atoms with Crippen LogP contribution in [0.3, 0.4) is 0 Å². The van der Waals surface area contributed by atoms with Crippen molar-refractivity contribution in [3.05, 3.63) is 35.9 Å². The van der Waals surface area contributed by atoms with Gasteiger partial charge >= 0.3 is 0 Å². The zero-order chi connectivity index (χ0) is 13.8. The molecule has 2 nitrogen and oxygen atoms in total. The topological polar surface area (TPSA) is 37.3 Å². The number of hydrogen-bond acceptors (Lipinski definition) is 1. The van der Waals surface area contributed by atoms with E-state index in [1.165, 1.54) is 37.7 Å². The van der Waals surface area contributed by atoms with E-state index in [0.29, 0.717) is 0 Å². The van der Waals surface area contributed by atoms with Crippen molar-refractivity contribution >= 4 is 5.97 Å². The fourth-order valence-electron chi connectivity index (χ4n) is 2.16. The summed E-state index contributed by atoms with van der Waals surface area (Å²) in [5.74, 6) is 0.146. The second-order valence-corrected chi connectivity index (χ2v) is 4.36. The highest BCUT2D eigenvalue weighted by Crippen LogP contribution is 2.27. The van der Waals surface area contributed by atoms with E-state index in [1.54, 1.807) is 0 Å². The number of rotatable bonds is 2. The Hall–Kier alpha value is -1.75. The van der Waals surface area contributed by atoms with Crippen LogP contribution in [0.1, 0.15) is 38.2 Å². The number of carboxylic acids is 1. The van der Waals surface area contributed by atoms with Gasteiger partial charge in [0.1, 0.15) is 0 Å². The molecule has 1 aliphatic carbocycles. The van der Waals surface area contributed by atoms with E-state index in [1.807, 2.05) is 0 Å². The Morgan fingerprint density at radius 3 is 2.11 bits per heavy atom. The maximum atomic E-state index is 9.00. The first kappa shape index (κ1) is 16.2. The summed E-state index contributed by atoms with van der Waals surface area (Å²) in [6.07, 6.45) is 15.1. The van der Waals surface area contributed by atoms with Crippen LogP contribution < -0.4 is 0 Å². The van der Waals surface area contributed by atoms with E-state index in [4.69, 9.17) is 9.90 Å². The van der Waals surface area contributed by atoms with Crippen molar-refractivity contribution in [2.45, 2.75) is 39.0 Å². The lowest BCUT2D eigenvalue weighted by molar-refractivity contribution is -0.134. The Morgan fingerprint density at radius 1 is 1.22 bits per heavy atom. The highest BCUT2D eigenvalue weighted by molar-refractivity contribution is 5.62. The van der Waals surface area contributed by atoms with Crippen molar-refractivity contribution in [2.75, 3.05) is 0 Å². The first-order valence-corrected chi connectivity index (χ1v) is 6.25. The molecule has 0 radical (unpaired) electrons. The summed E-state index contributed by atoms with van der Waals surface area (Å²) in [5.41, 5.74) is 1.52. The normalized spacial score (nSPS) is 13.7. The summed E-state index contributed by atoms with van der Waals surface area (Å²) in [6, 6.07) is 10.9. The van der Waals surface area contributed by atoms with Crippen LogP contribution in [0.5, 0.6) is 0 Å². The minimum absolute atomic E-state index is 0.833. The second-order valence-electron chi connectivity index (χ2n) is 4.36. The number of aliphatic carboxylic acids is 1. The molecule has 0 saturated heterocycles. The van der Waals surface area contributed by atoms with Crippen LogP contribution in [0, 0.1) is 18.8 Å².